The monoisotopic (exact) mass is 521 g/mol. The van der Waals surface area contributed by atoms with Crippen molar-refractivity contribution < 1.29 is 13.2 Å². The predicted octanol–water partition coefficient (Wildman–Crippen LogP) is 2.40. The molecule has 1 atom stereocenters. The summed E-state index contributed by atoms with van der Waals surface area (Å²) in [5.41, 5.74) is 2.60. The average molecular weight is 521 g/mol. The summed E-state index contributed by atoms with van der Waals surface area (Å²) in [4.78, 5) is 4.88. The summed E-state index contributed by atoms with van der Waals surface area (Å²) < 4.78 is 29.1. The summed E-state index contributed by atoms with van der Waals surface area (Å²) in [6.07, 6.45) is 2.53. The molecule has 2 fully saturated rings. The molecule has 0 aliphatic carbocycles. The first kappa shape index (κ1) is 23.4. The third-order valence-electron chi connectivity index (χ3n) is 5.62. The van der Waals surface area contributed by atoms with E-state index in [1.54, 1.807) is 0 Å². The van der Waals surface area contributed by atoms with Crippen molar-refractivity contribution in [1.82, 2.24) is 10.6 Å². The molecule has 2 N–H and O–H groups in total. The molecular formula is C20H32IN3O3S. The van der Waals surface area contributed by atoms with Crippen LogP contribution in [0.15, 0.2) is 29.3 Å². The molecule has 2 saturated heterocycles. The average Bonchev–Trinajstić information content (AvgIpc) is 2.99. The second-order valence-electron chi connectivity index (χ2n) is 7.65. The van der Waals surface area contributed by atoms with E-state index in [9.17, 15) is 8.42 Å². The molecule has 1 unspecified atom stereocenters. The molecule has 0 amide bonds. The van der Waals surface area contributed by atoms with Gasteiger partial charge in [0.1, 0.15) is 0 Å². The summed E-state index contributed by atoms with van der Waals surface area (Å²) >= 11 is 0. The molecule has 0 saturated carbocycles. The third-order valence-corrected chi connectivity index (χ3v) is 7.39. The van der Waals surface area contributed by atoms with Gasteiger partial charge in [0.25, 0.3) is 0 Å². The molecule has 0 aromatic heterocycles. The van der Waals surface area contributed by atoms with Gasteiger partial charge in [-0.1, -0.05) is 24.3 Å². The van der Waals surface area contributed by atoms with Crippen molar-refractivity contribution in [2.75, 3.05) is 37.8 Å². The quantitative estimate of drug-likeness (QED) is 0.354. The van der Waals surface area contributed by atoms with Gasteiger partial charge in [0.05, 0.1) is 18.1 Å². The van der Waals surface area contributed by atoms with Crippen LogP contribution in [-0.2, 0) is 20.0 Å². The second-order valence-corrected chi connectivity index (χ2v) is 9.88. The summed E-state index contributed by atoms with van der Waals surface area (Å²) in [5.74, 6) is 1.15. The first-order valence-electron chi connectivity index (χ1n) is 9.83. The van der Waals surface area contributed by atoms with Gasteiger partial charge in [0, 0.05) is 31.2 Å². The molecule has 8 heteroatoms. The van der Waals surface area contributed by atoms with Gasteiger partial charge in [-0.15, -0.1) is 24.0 Å². The lowest BCUT2D eigenvalue weighted by molar-refractivity contribution is 0.0529. The molecule has 0 spiro atoms. The van der Waals surface area contributed by atoms with E-state index in [2.05, 4.69) is 41.8 Å². The van der Waals surface area contributed by atoms with E-state index >= 15 is 0 Å². The number of rotatable bonds is 5. The molecule has 2 heterocycles. The highest BCUT2D eigenvalue weighted by Gasteiger charge is 2.36. The number of hydrogen-bond donors (Lipinski definition) is 2. The van der Waals surface area contributed by atoms with E-state index in [4.69, 9.17) is 9.73 Å². The Bertz CT molecular complexity index is 777. The molecule has 28 heavy (non-hydrogen) atoms. The van der Waals surface area contributed by atoms with Crippen molar-refractivity contribution in [2.24, 2.45) is 4.99 Å². The number of halogens is 1. The minimum Gasteiger partial charge on any atom is -0.381 e. The van der Waals surface area contributed by atoms with Crippen LogP contribution in [0.4, 0.5) is 0 Å². The highest BCUT2D eigenvalue weighted by molar-refractivity contribution is 14.0. The van der Waals surface area contributed by atoms with Gasteiger partial charge < -0.3 is 15.4 Å². The smallest absolute Gasteiger partial charge is 0.191 e. The van der Waals surface area contributed by atoms with Crippen LogP contribution in [0.5, 0.6) is 0 Å². The third kappa shape index (κ3) is 5.82. The zero-order valence-corrected chi connectivity index (χ0v) is 19.9. The van der Waals surface area contributed by atoms with Crippen LogP contribution in [0.25, 0.3) is 0 Å². The van der Waals surface area contributed by atoms with E-state index in [0.717, 1.165) is 32.6 Å². The maximum Gasteiger partial charge on any atom is 0.191 e. The number of aryl methyl sites for hydroxylation is 1. The van der Waals surface area contributed by atoms with Gasteiger partial charge >= 0.3 is 0 Å². The minimum atomic E-state index is -2.91. The molecule has 6 nitrogen and oxygen atoms in total. The van der Waals surface area contributed by atoms with Gasteiger partial charge in [-0.3, -0.25) is 4.99 Å². The molecule has 2 aliphatic rings. The first-order chi connectivity index (χ1) is 12.9. The zero-order chi connectivity index (χ0) is 19.3. The number of sulfone groups is 1. The van der Waals surface area contributed by atoms with Crippen LogP contribution in [0.3, 0.4) is 0 Å². The van der Waals surface area contributed by atoms with Crippen LogP contribution in [0.1, 0.15) is 37.3 Å². The highest BCUT2D eigenvalue weighted by atomic mass is 127. The molecule has 1 aromatic carbocycles. The van der Waals surface area contributed by atoms with Gasteiger partial charge in [0.15, 0.2) is 15.8 Å². The van der Waals surface area contributed by atoms with E-state index in [1.807, 2.05) is 6.92 Å². The number of guanidine groups is 1. The Morgan fingerprint density at radius 1 is 1.29 bits per heavy atom. The van der Waals surface area contributed by atoms with E-state index in [0.29, 0.717) is 18.9 Å². The Labute approximate surface area is 185 Å². The highest BCUT2D eigenvalue weighted by Crippen LogP contribution is 2.37. The van der Waals surface area contributed by atoms with Crippen molar-refractivity contribution in [3.05, 3.63) is 35.4 Å². The van der Waals surface area contributed by atoms with Crippen LogP contribution >= 0.6 is 24.0 Å². The van der Waals surface area contributed by atoms with Crippen LogP contribution < -0.4 is 10.6 Å². The largest absolute Gasteiger partial charge is 0.381 e. The fourth-order valence-electron chi connectivity index (χ4n) is 4.10. The second kappa shape index (κ2) is 10.2. The predicted molar refractivity (Wildman–Crippen MR) is 124 cm³/mol. The normalized spacial score (nSPS) is 23.6. The minimum absolute atomic E-state index is 0. The Kier molecular flexibility index (Phi) is 8.57. The number of nitrogens with zero attached hydrogens (tertiary/aromatic N) is 1. The number of nitrogens with one attached hydrogen (secondary N) is 2. The molecular weight excluding hydrogens is 489 g/mol. The van der Waals surface area contributed by atoms with Crippen molar-refractivity contribution >= 4 is 39.8 Å². The molecule has 1 aromatic rings. The maximum absolute atomic E-state index is 11.7. The fourth-order valence-corrected chi connectivity index (χ4v) is 5.77. The Balaban J connectivity index is 0.00000280. The summed E-state index contributed by atoms with van der Waals surface area (Å²) in [6.45, 7) is 7.07. The molecule has 0 bridgehead atoms. The number of aliphatic imine (C=N–C) groups is 1. The molecule has 2 aliphatic heterocycles. The summed E-state index contributed by atoms with van der Waals surface area (Å²) in [5, 5.41) is 6.60. The van der Waals surface area contributed by atoms with E-state index in [-0.39, 0.29) is 46.9 Å². The Morgan fingerprint density at radius 2 is 2.00 bits per heavy atom. The lowest BCUT2D eigenvalue weighted by Crippen LogP contribution is -2.45. The van der Waals surface area contributed by atoms with Crippen molar-refractivity contribution in [3.8, 4) is 0 Å². The zero-order valence-electron chi connectivity index (χ0n) is 16.7. The molecule has 0 radical (unpaired) electrons. The Morgan fingerprint density at radius 3 is 2.61 bits per heavy atom. The number of hydrogen-bond acceptors (Lipinski definition) is 4. The lowest BCUT2D eigenvalue weighted by atomic mass is 9.72. The summed E-state index contributed by atoms with van der Waals surface area (Å²) in [7, 11) is -2.91. The fraction of sp³-hybridized carbons (Fsp3) is 0.650. The van der Waals surface area contributed by atoms with Crippen molar-refractivity contribution in [3.63, 3.8) is 0 Å². The van der Waals surface area contributed by atoms with Gasteiger partial charge in [-0.05, 0) is 44.2 Å². The topological polar surface area (TPSA) is 79.8 Å². The first-order valence-corrected chi connectivity index (χ1v) is 11.7. The van der Waals surface area contributed by atoms with E-state index < -0.39 is 9.84 Å². The van der Waals surface area contributed by atoms with E-state index in [1.165, 1.54) is 11.1 Å². The summed E-state index contributed by atoms with van der Waals surface area (Å²) in [6, 6.07) is 8.47. The maximum atomic E-state index is 11.7. The SMILES string of the molecule is CCNC(=NCC1(c2ccccc2C)CCOCC1)NC1CCS(=O)(=O)C1.I. The van der Waals surface area contributed by atoms with Crippen molar-refractivity contribution in [2.45, 2.75) is 44.6 Å². The number of ether oxygens (including phenoxy) is 1. The van der Waals surface area contributed by atoms with Crippen LogP contribution in [-0.4, -0.2) is 58.2 Å². The van der Waals surface area contributed by atoms with Gasteiger partial charge in [-0.2, -0.15) is 0 Å². The van der Waals surface area contributed by atoms with Crippen LogP contribution in [0, 0.1) is 6.92 Å². The van der Waals surface area contributed by atoms with Gasteiger partial charge in [0.2, 0.25) is 0 Å². The number of benzene rings is 1. The lowest BCUT2D eigenvalue weighted by Gasteiger charge is -2.37. The van der Waals surface area contributed by atoms with Gasteiger partial charge in [-0.25, -0.2) is 8.42 Å². The van der Waals surface area contributed by atoms with Crippen LogP contribution in [0.2, 0.25) is 0 Å². The van der Waals surface area contributed by atoms with Crippen molar-refractivity contribution in [1.29, 1.82) is 0 Å². The Hall–Kier alpha value is -0.870. The standard InChI is InChI=1S/C20H31N3O3S.HI/c1-3-21-19(23-17-8-13-27(24,25)14-17)22-15-20(9-11-26-12-10-20)18-7-5-4-6-16(18)2;/h4-7,17H,3,8-15H2,1-2H3,(H2,21,22,23);1H. The molecule has 3 rings (SSSR count). The molecule has 158 valence electrons.